The highest BCUT2D eigenvalue weighted by Gasteiger charge is 2.45. The van der Waals surface area contributed by atoms with Gasteiger partial charge in [-0.05, 0) is 44.9 Å². The van der Waals surface area contributed by atoms with Crippen molar-refractivity contribution in [3.63, 3.8) is 0 Å². The maximum atomic E-state index is 6.34. The van der Waals surface area contributed by atoms with Crippen molar-refractivity contribution >= 4 is 0 Å². The average molecular weight is 325 g/mol. The van der Waals surface area contributed by atoms with E-state index in [1.165, 1.54) is 12.8 Å². The number of fused-ring (bicyclic) bond motifs is 4. The number of ether oxygens (including phenoxy) is 2. The summed E-state index contributed by atoms with van der Waals surface area (Å²) in [6.07, 6.45) is 6.46. The Morgan fingerprint density at radius 3 is 2.96 bits per heavy atom. The van der Waals surface area contributed by atoms with E-state index in [4.69, 9.17) is 9.47 Å². The molecule has 132 valence electrons. The molecule has 1 aliphatic carbocycles. The van der Waals surface area contributed by atoms with E-state index in [0.717, 1.165) is 45.6 Å². The molecule has 3 heterocycles. The molecule has 0 aromatic rings. The van der Waals surface area contributed by atoms with Crippen LogP contribution in [0.1, 0.15) is 39.0 Å². The van der Waals surface area contributed by atoms with Gasteiger partial charge in [0.25, 0.3) is 0 Å². The lowest BCUT2D eigenvalue weighted by Gasteiger charge is -2.35. The Hall–Kier alpha value is -0.280. The van der Waals surface area contributed by atoms with Gasteiger partial charge in [-0.2, -0.15) is 5.12 Å². The molecule has 4 bridgehead atoms. The fourth-order valence-corrected chi connectivity index (χ4v) is 4.55. The molecule has 7 atom stereocenters. The summed E-state index contributed by atoms with van der Waals surface area (Å²) >= 11 is 0. The third-order valence-electron chi connectivity index (χ3n) is 5.79. The summed E-state index contributed by atoms with van der Waals surface area (Å²) in [5, 5.41) is 2.10. The fraction of sp³-hybridized carbons (Fsp3) is 1.00. The van der Waals surface area contributed by atoms with Crippen molar-refractivity contribution in [3.05, 3.63) is 0 Å². The minimum absolute atomic E-state index is 0.339. The highest BCUT2D eigenvalue weighted by atomic mass is 16.5. The van der Waals surface area contributed by atoms with E-state index >= 15 is 0 Å². The van der Waals surface area contributed by atoms with Gasteiger partial charge in [0.15, 0.2) is 0 Å². The van der Waals surface area contributed by atoms with Crippen molar-refractivity contribution in [1.29, 1.82) is 0 Å². The Balaban J connectivity index is 1.45. The third-order valence-corrected chi connectivity index (χ3v) is 5.79. The molecule has 0 aromatic heterocycles. The second-order valence-corrected chi connectivity index (χ2v) is 7.47. The predicted octanol–water partition coefficient (Wildman–Crippen LogP) is -0.0910. The summed E-state index contributed by atoms with van der Waals surface area (Å²) in [4.78, 5) is 0. The number of rotatable bonds is 0. The smallest absolute Gasteiger partial charge is 0.0622 e. The highest BCUT2D eigenvalue weighted by Crippen LogP contribution is 2.34. The van der Waals surface area contributed by atoms with Gasteiger partial charge in [-0.3, -0.25) is 10.9 Å². The summed E-state index contributed by atoms with van der Waals surface area (Å²) in [5.74, 6) is 0.640. The second-order valence-electron chi connectivity index (χ2n) is 7.47. The van der Waals surface area contributed by atoms with Crippen molar-refractivity contribution < 1.29 is 9.47 Å². The number of hydrazine groups is 3. The molecule has 7 heteroatoms. The maximum absolute atomic E-state index is 6.34. The van der Waals surface area contributed by atoms with Crippen LogP contribution in [-0.2, 0) is 9.47 Å². The molecule has 4 fully saturated rings. The Labute approximate surface area is 138 Å². The predicted molar refractivity (Wildman–Crippen MR) is 87.2 cm³/mol. The van der Waals surface area contributed by atoms with Gasteiger partial charge in [0.1, 0.15) is 0 Å². The van der Waals surface area contributed by atoms with Gasteiger partial charge in [0, 0.05) is 25.2 Å². The molecule has 4 aliphatic rings. The zero-order valence-corrected chi connectivity index (χ0v) is 14.1. The van der Waals surface area contributed by atoms with E-state index in [2.05, 4.69) is 33.7 Å². The zero-order chi connectivity index (χ0) is 15.6. The number of hydrogen-bond acceptors (Lipinski definition) is 7. The van der Waals surface area contributed by atoms with Crippen LogP contribution in [-0.4, -0.2) is 61.8 Å². The Kier molecular flexibility index (Phi) is 5.15. The number of nitrogens with zero attached hydrogens (tertiary/aromatic N) is 1. The highest BCUT2D eigenvalue weighted by molar-refractivity contribution is 5.02. The first-order valence-electron chi connectivity index (χ1n) is 9.31. The standard InChI is InChI=1S/C16H31N5O2/c1-11-3-2-7-22-8-6-21-17-10-15(20-21)16-13-9-12(23-11)4-5-14(13)18-19-16/h11-20H,2-10H2,1H3/t11-,12?,13?,14?,15?,16?/m1/s1. The minimum Gasteiger partial charge on any atom is -0.380 e. The molecule has 7 nitrogen and oxygen atoms in total. The monoisotopic (exact) mass is 325 g/mol. The first-order chi connectivity index (χ1) is 11.3. The summed E-state index contributed by atoms with van der Waals surface area (Å²) in [7, 11) is 0. The largest absolute Gasteiger partial charge is 0.380 e. The Bertz CT molecular complexity index is 399. The molecule has 3 aliphatic heterocycles. The number of hydrogen-bond donors (Lipinski definition) is 4. The minimum atomic E-state index is 0.339. The van der Waals surface area contributed by atoms with Gasteiger partial charge in [0.05, 0.1) is 31.4 Å². The van der Waals surface area contributed by atoms with Crippen molar-refractivity contribution in [3.8, 4) is 0 Å². The van der Waals surface area contributed by atoms with Crippen molar-refractivity contribution in [1.82, 2.24) is 26.8 Å². The molecule has 4 rings (SSSR count). The summed E-state index contributed by atoms with van der Waals surface area (Å²) in [6.45, 7) is 5.64. The Morgan fingerprint density at radius 2 is 2.00 bits per heavy atom. The number of nitrogens with one attached hydrogen (secondary N) is 4. The van der Waals surface area contributed by atoms with E-state index in [-0.39, 0.29) is 0 Å². The maximum Gasteiger partial charge on any atom is 0.0622 e. The molecule has 0 aromatic carbocycles. The van der Waals surface area contributed by atoms with Crippen LogP contribution in [0.2, 0.25) is 0 Å². The first kappa shape index (κ1) is 16.2. The van der Waals surface area contributed by atoms with Crippen LogP contribution >= 0.6 is 0 Å². The zero-order valence-electron chi connectivity index (χ0n) is 14.1. The fourth-order valence-electron chi connectivity index (χ4n) is 4.55. The molecular weight excluding hydrogens is 294 g/mol. The molecule has 1 saturated carbocycles. The van der Waals surface area contributed by atoms with E-state index < -0.39 is 0 Å². The molecule has 3 saturated heterocycles. The van der Waals surface area contributed by atoms with Crippen molar-refractivity contribution in [2.75, 3.05) is 26.3 Å². The van der Waals surface area contributed by atoms with Crippen LogP contribution in [0.4, 0.5) is 0 Å². The molecular formula is C16H31N5O2. The van der Waals surface area contributed by atoms with Crippen LogP contribution in [0.25, 0.3) is 0 Å². The average Bonchev–Trinajstić information content (AvgIpc) is 3.16. The van der Waals surface area contributed by atoms with Gasteiger partial charge >= 0.3 is 0 Å². The van der Waals surface area contributed by atoms with Gasteiger partial charge in [-0.1, -0.05) is 0 Å². The molecule has 4 N–H and O–H groups in total. The summed E-state index contributed by atoms with van der Waals surface area (Å²) in [6, 6.07) is 1.45. The van der Waals surface area contributed by atoms with Crippen molar-refractivity contribution in [2.45, 2.75) is 69.4 Å². The molecule has 6 unspecified atom stereocenters. The van der Waals surface area contributed by atoms with Gasteiger partial charge in [-0.25, -0.2) is 10.9 Å². The second kappa shape index (κ2) is 7.31. The van der Waals surface area contributed by atoms with E-state index in [9.17, 15) is 0 Å². The van der Waals surface area contributed by atoms with Gasteiger partial charge in [-0.15, -0.1) is 0 Å². The summed E-state index contributed by atoms with van der Waals surface area (Å²) in [5.41, 5.74) is 14.1. The van der Waals surface area contributed by atoms with Crippen LogP contribution < -0.4 is 21.7 Å². The lowest BCUT2D eigenvalue weighted by atomic mass is 9.78. The van der Waals surface area contributed by atoms with Crippen LogP contribution in [0, 0.1) is 5.92 Å². The van der Waals surface area contributed by atoms with Gasteiger partial charge in [0.2, 0.25) is 0 Å². The molecule has 0 amide bonds. The van der Waals surface area contributed by atoms with Crippen LogP contribution in [0.15, 0.2) is 0 Å². The molecule has 23 heavy (non-hydrogen) atoms. The van der Waals surface area contributed by atoms with Crippen LogP contribution in [0.3, 0.4) is 0 Å². The molecule has 0 spiro atoms. The summed E-state index contributed by atoms with van der Waals surface area (Å²) < 4.78 is 12.1. The molecule has 0 radical (unpaired) electrons. The lowest BCUT2D eigenvalue weighted by molar-refractivity contribution is -0.0417. The lowest BCUT2D eigenvalue weighted by Crippen LogP contribution is -2.51. The topological polar surface area (TPSA) is 69.8 Å². The third kappa shape index (κ3) is 3.71. The van der Waals surface area contributed by atoms with E-state index in [0.29, 0.717) is 36.3 Å². The first-order valence-corrected chi connectivity index (χ1v) is 9.31. The van der Waals surface area contributed by atoms with Gasteiger partial charge < -0.3 is 9.47 Å². The Morgan fingerprint density at radius 1 is 1.04 bits per heavy atom. The van der Waals surface area contributed by atoms with E-state index in [1.807, 2.05) is 0 Å². The SMILES string of the molecule is C[C@@H]1CCCOCCN2NCC(N2)C2NNC3CCC(CC32)O1. The van der Waals surface area contributed by atoms with Crippen molar-refractivity contribution in [2.24, 2.45) is 5.92 Å². The quantitative estimate of drug-likeness (QED) is 0.496. The van der Waals surface area contributed by atoms with E-state index in [1.54, 1.807) is 0 Å². The van der Waals surface area contributed by atoms with Crippen LogP contribution in [0.5, 0.6) is 0 Å². The normalized spacial score (nSPS) is 48.7.